The van der Waals surface area contributed by atoms with Crippen molar-refractivity contribution < 1.29 is 37.4 Å². The maximum Gasteiger partial charge on any atom is 0.218 e. The fourth-order valence-electron chi connectivity index (χ4n) is 5.04. The van der Waals surface area contributed by atoms with E-state index in [9.17, 15) is 0 Å². The SMILES string of the molecule is [Cl][Pt][Cl].[Cl][Pt][Cl].[c-]1ccc2c(sc3c(-c4ccc5c(n4)oc4ccccc45)[c-]ccc32)c1-c1ccc2ccccc2n1. The molecule has 0 atom stereocenters. The topological polar surface area (TPSA) is 38.9 Å². The van der Waals surface area contributed by atoms with Crippen molar-refractivity contribution in [2.75, 3.05) is 0 Å². The van der Waals surface area contributed by atoms with Crippen LogP contribution in [0.2, 0.25) is 0 Å². The Labute approximate surface area is 278 Å². The van der Waals surface area contributed by atoms with E-state index in [1.807, 2.05) is 42.5 Å². The van der Waals surface area contributed by atoms with Crippen LogP contribution >= 0.6 is 49.0 Å². The number of nitrogens with zero attached hydrogens (tertiary/aromatic N) is 2. The summed E-state index contributed by atoms with van der Waals surface area (Å²) < 4.78 is 8.38. The van der Waals surface area contributed by atoms with Crippen molar-refractivity contribution in [1.82, 2.24) is 9.97 Å². The van der Waals surface area contributed by atoms with Gasteiger partial charge < -0.3 is 4.42 Å². The molecule has 4 aromatic heterocycles. The van der Waals surface area contributed by atoms with Gasteiger partial charge in [-0.3, -0.25) is 9.97 Å². The number of pyridine rings is 2. The van der Waals surface area contributed by atoms with E-state index in [4.69, 9.17) is 52.1 Å². The maximum absolute atomic E-state index is 6.06. The van der Waals surface area contributed by atoms with E-state index in [0.717, 1.165) is 54.5 Å². The van der Waals surface area contributed by atoms with Crippen LogP contribution in [0.1, 0.15) is 0 Å². The third-order valence-corrected chi connectivity index (χ3v) is 8.00. The van der Waals surface area contributed by atoms with Crippen LogP contribution in [-0.4, -0.2) is 9.97 Å². The van der Waals surface area contributed by atoms with Crippen molar-refractivity contribution in [3.63, 3.8) is 0 Å². The minimum Gasteiger partial charge on any atom is -0.439 e. The fourth-order valence-corrected chi connectivity index (χ4v) is 6.35. The molecule has 4 heterocycles. The van der Waals surface area contributed by atoms with Gasteiger partial charge in [0.1, 0.15) is 5.58 Å². The van der Waals surface area contributed by atoms with Crippen molar-refractivity contribution in [3.8, 4) is 22.5 Å². The van der Waals surface area contributed by atoms with Gasteiger partial charge in [-0.2, -0.15) is 0 Å². The molecule has 0 aliphatic carbocycles. The number of aromatic nitrogens is 2. The van der Waals surface area contributed by atoms with E-state index in [2.05, 4.69) is 66.7 Å². The Hall–Kier alpha value is -2.00. The molecule has 216 valence electrons. The largest absolute Gasteiger partial charge is 0.439 e. The molecule has 0 N–H and O–H groups in total. The maximum atomic E-state index is 6.06. The summed E-state index contributed by atoms with van der Waals surface area (Å²) in [6.07, 6.45) is 0. The van der Waals surface area contributed by atoms with Gasteiger partial charge in [0, 0.05) is 10.8 Å². The van der Waals surface area contributed by atoms with Crippen LogP contribution in [0.15, 0.2) is 101 Å². The van der Waals surface area contributed by atoms with Gasteiger partial charge in [0.2, 0.25) is 5.71 Å². The summed E-state index contributed by atoms with van der Waals surface area (Å²) in [6, 6.07) is 39.8. The first kappa shape index (κ1) is 30.0. The zero-order chi connectivity index (χ0) is 29.1. The van der Waals surface area contributed by atoms with Crippen LogP contribution in [0.4, 0.5) is 0 Å². The minimum absolute atomic E-state index is 0.472. The van der Waals surface area contributed by atoms with E-state index in [0.29, 0.717) is 5.71 Å². The fraction of sp³-hybridized carbons (Fsp3) is 0. The second-order valence-electron chi connectivity index (χ2n) is 8.92. The number of para-hydroxylation sites is 2. The van der Waals surface area contributed by atoms with Gasteiger partial charge in [-0.25, -0.2) is 11.3 Å². The number of thiophene rings is 1. The molecule has 8 aromatic rings. The summed E-state index contributed by atoms with van der Waals surface area (Å²) in [5.74, 6) is 0. The van der Waals surface area contributed by atoms with Crippen molar-refractivity contribution in [1.29, 1.82) is 0 Å². The molecular weight excluding hydrogens is 992 g/mol. The molecule has 0 saturated heterocycles. The minimum atomic E-state index is -0.472. The second-order valence-corrected chi connectivity index (χ2v) is 16.5. The average molecular weight is 1010 g/mol. The van der Waals surface area contributed by atoms with E-state index in [1.54, 1.807) is 11.3 Å². The number of hydrogen-bond donors (Lipinski definition) is 0. The van der Waals surface area contributed by atoms with Crippen LogP contribution in [0, 0.1) is 12.1 Å². The van der Waals surface area contributed by atoms with E-state index < -0.39 is 33.0 Å². The predicted molar refractivity (Wildman–Crippen MR) is 172 cm³/mol. The van der Waals surface area contributed by atoms with Gasteiger partial charge in [0.15, 0.2) is 0 Å². The van der Waals surface area contributed by atoms with Gasteiger partial charge in [-0.05, 0) is 28.9 Å². The Balaban J connectivity index is 0.000000488. The normalized spacial score (nSPS) is 11.2. The van der Waals surface area contributed by atoms with Crippen LogP contribution in [0.5, 0.6) is 0 Å². The Morgan fingerprint density at radius 3 is 1.90 bits per heavy atom. The van der Waals surface area contributed by atoms with Crippen molar-refractivity contribution in [3.05, 3.63) is 109 Å². The smallest absolute Gasteiger partial charge is 0.218 e. The van der Waals surface area contributed by atoms with Gasteiger partial charge in [-0.1, -0.05) is 70.1 Å². The molecule has 0 fully saturated rings. The van der Waals surface area contributed by atoms with Crippen LogP contribution in [0.3, 0.4) is 0 Å². The summed E-state index contributed by atoms with van der Waals surface area (Å²) in [5.41, 5.74) is 6.27. The van der Waals surface area contributed by atoms with E-state index in [1.165, 1.54) is 15.5 Å². The van der Waals surface area contributed by atoms with Crippen LogP contribution in [0.25, 0.3) is 75.7 Å². The first-order valence-corrected chi connectivity index (χ1v) is 24.3. The number of benzene rings is 4. The molecule has 10 heteroatoms. The van der Waals surface area contributed by atoms with Gasteiger partial charge in [0.05, 0.1) is 5.52 Å². The average Bonchev–Trinajstić information content (AvgIpc) is 3.59. The molecule has 0 aliphatic heterocycles. The molecule has 4 aromatic carbocycles. The molecule has 0 unspecified atom stereocenters. The molecule has 0 spiro atoms. The molecule has 0 amide bonds. The predicted octanol–water partition coefficient (Wildman–Crippen LogP) is 11.6. The van der Waals surface area contributed by atoms with Crippen molar-refractivity contribution in [2.24, 2.45) is 0 Å². The molecule has 0 aliphatic rings. The van der Waals surface area contributed by atoms with Crippen molar-refractivity contribution in [2.45, 2.75) is 0 Å². The number of halogens is 4. The molecule has 42 heavy (non-hydrogen) atoms. The van der Waals surface area contributed by atoms with Gasteiger partial charge in [-0.15, -0.1) is 58.3 Å². The zero-order valence-electron chi connectivity index (χ0n) is 21.1. The second kappa shape index (κ2) is 13.7. The number of rotatable bonds is 2. The standard InChI is InChI=1S/C32H16N2OS.4ClH.2Pt/c1-3-13-26-19(7-1)15-17-27(33-26)24-11-5-9-21-22-10-6-12-25(31(22)36-30(21)24)28-18-16-23-20-8-2-4-14-29(20)35-32(23)34-28;;;;;;/h1-10,13-18H;4*1H;;/q-2;;;;;2*+2/p-4. The summed E-state index contributed by atoms with van der Waals surface area (Å²) in [4.78, 5) is 9.85. The molecular formula is C32H16Cl4N2OPt2S-2. The Morgan fingerprint density at radius 1 is 0.595 bits per heavy atom. The summed E-state index contributed by atoms with van der Waals surface area (Å²) in [5, 5.41) is 5.62. The number of furan rings is 1. The first-order chi connectivity index (χ1) is 20.7. The molecule has 8 rings (SSSR count). The molecule has 0 saturated carbocycles. The molecule has 0 bridgehead atoms. The monoisotopic (exact) mass is 1010 g/mol. The third-order valence-electron chi connectivity index (χ3n) is 6.75. The Kier molecular flexibility index (Phi) is 9.83. The van der Waals surface area contributed by atoms with Crippen LogP contribution in [-0.2, 0) is 33.0 Å². The quantitative estimate of drug-likeness (QED) is 0.162. The van der Waals surface area contributed by atoms with Crippen LogP contribution < -0.4 is 0 Å². The number of hydrogen-bond acceptors (Lipinski definition) is 4. The first-order valence-electron chi connectivity index (χ1n) is 12.2. The van der Waals surface area contributed by atoms with Gasteiger partial charge >= 0.3 is 70.6 Å². The van der Waals surface area contributed by atoms with Crippen molar-refractivity contribution >= 4 is 102 Å². The summed E-state index contributed by atoms with van der Waals surface area (Å²) >= 11 is 0.803. The number of fused-ring (bicyclic) bond motifs is 7. The van der Waals surface area contributed by atoms with E-state index >= 15 is 0 Å². The summed E-state index contributed by atoms with van der Waals surface area (Å²) in [7, 11) is 19.5. The molecule has 0 radical (unpaired) electrons. The third kappa shape index (κ3) is 5.89. The summed E-state index contributed by atoms with van der Waals surface area (Å²) in [6.45, 7) is 0. The van der Waals surface area contributed by atoms with E-state index in [-0.39, 0.29) is 0 Å². The Bertz CT molecular complexity index is 2180. The zero-order valence-corrected chi connectivity index (χ0v) is 29.5. The van der Waals surface area contributed by atoms with Gasteiger partial charge in [0.25, 0.3) is 0 Å². The Morgan fingerprint density at radius 2 is 1.19 bits per heavy atom. The molecule has 3 nitrogen and oxygen atoms in total.